The summed E-state index contributed by atoms with van der Waals surface area (Å²) in [6.45, 7) is 3.49. The Hall–Kier alpha value is -2.62. The van der Waals surface area contributed by atoms with E-state index in [1.54, 1.807) is 21.9 Å². The SMILES string of the molecule is CC(N)Cc1ccc(C(=O)N2CCN(c3ncc(C(F)(F)F)cn3)CC2)o1. The minimum Gasteiger partial charge on any atom is -0.456 e. The summed E-state index contributed by atoms with van der Waals surface area (Å²) >= 11 is 0. The van der Waals surface area contributed by atoms with Crippen LogP contribution < -0.4 is 10.6 Å². The Bertz CT molecular complexity index is 781. The van der Waals surface area contributed by atoms with Crippen molar-refractivity contribution in [2.24, 2.45) is 5.73 Å². The minimum absolute atomic E-state index is 0.0635. The van der Waals surface area contributed by atoms with E-state index in [-0.39, 0.29) is 23.7 Å². The average Bonchev–Trinajstić information content (AvgIpc) is 3.08. The van der Waals surface area contributed by atoms with Gasteiger partial charge in [-0.1, -0.05) is 0 Å². The third-order valence-electron chi connectivity index (χ3n) is 4.21. The summed E-state index contributed by atoms with van der Waals surface area (Å²) in [5, 5.41) is 0. The van der Waals surface area contributed by atoms with Gasteiger partial charge < -0.3 is 20.0 Å². The lowest BCUT2D eigenvalue weighted by atomic mass is 10.2. The van der Waals surface area contributed by atoms with Crippen LogP contribution >= 0.6 is 0 Å². The quantitative estimate of drug-likeness (QED) is 0.868. The molecule has 1 amide bonds. The standard InChI is InChI=1S/C17H20F3N5O2/c1-11(21)8-13-2-3-14(27-13)15(26)24-4-6-25(7-5-24)16-22-9-12(10-23-16)17(18,19)20/h2-3,9-11H,4-8,21H2,1H3. The van der Waals surface area contributed by atoms with Crippen molar-refractivity contribution in [3.63, 3.8) is 0 Å². The molecule has 1 fully saturated rings. The van der Waals surface area contributed by atoms with Gasteiger partial charge in [0.15, 0.2) is 5.76 Å². The molecule has 0 bridgehead atoms. The summed E-state index contributed by atoms with van der Waals surface area (Å²) in [5.74, 6) is 0.904. The molecule has 27 heavy (non-hydrogen) atoms. The van der Waals surface area contributed by atoms with E-state index < -0.39 is 11.7 Å². The number of nitrogens with zero attached hydrogens (tertiary/aromatic N) is 4. The maximum atomic E-state index is 12.6. The summed E-state index contributed by atoms with van der Waals surface area (Å²) in [4.78, 5) is 23.5. The highest BCUT2D eigenvalue weighted by atomic mass is 19.4. The number of anilines is 1. The first kappa shape index (κ1) is 19.2. The van der Waals surface area contributed by atoms with E-state index in [4.69, 9.17) is 10.2 Å². The molecule has 1 saturated heterocycles. The van der Waals surface area contributed by atoms with E-state index in [2.05, 4.69) is 9.97 Å². The van der Waals surface area contributed by atoms with Crippen molar-refractivity contribution in [1.29, 1.82) is 0 Å². The Morgan fingerprint density at radius 1 is 1.22 bits per heavy atom. The highest BCUT2D eigenvalue weighted by Crippen LogP contribution is 2.28. The fraction of sp³-hybridized carbons (Fsp3) is 0.471. The van der Waals surface area contributed by atoms with Crippen molar-refractivity contribution in [2.75, 3.05) is 31.1 Å². The maximum Gasteiger partial charge on any atom is 0.419 e. The molecule has 0 aromatic carbocycles. The van der Waals surface area contributed by atoms with Crippen molar-refractivity contribution < 1.29 is 22.4 Å². The van der Waals surface area contributed by atoms with Crippen molar-refractivity contribution in [3.8, 4) is 0 Å². The van der Waals surface area contributed by atoms with Crippen LogP contribution in [0.1, 0.15) is 28.8 Å². The zero-order valence-corrected chi connectivity index (χ0v) is 14.7. The fourth-order valence-electron chi connectivity index (χ4n) is 2.82. The number of hydrogen-bond donors (Lipinski definition) is 1. The van der Waals surface area contributed by atoms with Crippen LogP contribution in [0.2, 0.25) is 0 Å². The number of rotatable bonds is 4. The Labute approximate surface area is 154 Å². The van der Waals surface area contributed by atoms with Gasteiger partial charge in [-0.05, 0) is 19.1 Å². The van der Waals surface area contributed by atoms with Gasteiger partial charge in [-0.25, -0.2) is 9.97 Å². The lowest BCUT2D eigenvalue weighted by Gasteiger charge is -2.34. The van der Waals surface area contributed by atoms with E-state index in [0.29, 0.717) is 38.4 Å². The van der Waals surface area contributed by atoms with E-state index >= 15 is 0 Å². The zero-order chi connectivity index (χ0) is 19.6. The molecule has 2 N–H and O–H groups in total. The van der Waals surface area contributed by atoms with Crippen LogP contribution in [-0.2, 0) is 12.6 Å². The average molecular weight is 383 g/mol. The smallest absolute Gasteiger partial charge is 0.419 e. The van der Waals surface area contributed by atoms with E-state index in [1.807, 2.05) is 6.92 Å². The van der Waals surface area contributed by atoms with Crippen LogP contribution in [0.4, 0.5) is 19.1 Å². The van der Waals surface area contributed by atoms with Crippen LogP contribution in [0.3, 0.4) is 0 Å². The van der Waals surface area contributed by atoms with Crippen LogP contribution in [0.25, 0.3) is 0 Å². The first-order valence-corrected chi connectivity index (χ1v) is 8.52. The number of hydrogen-bond acceptors (Lipinski definition) is 6. The Morgan fingerprint density at radius 3 is 2.41 bits per heavy atom. The molecule has 1 aliphatic rings. The molecule has 0 radical (unpaired) electrons. The predicted octanol–water partition coefficient (Wildman–Crippen LogP) is 1.94. The summed E-state index contributed by atoms with van der Waals surface area (Å²) in [7, 11) is 0. The van der Waals surface area contributed by atoms with Crippen molar-refractivity contribution in [2.45, 2.75) is 25.6 Å². The molecule has 1 atom stereocenters. The van der Waals surface area contributed by atoms with E-state index in [0.717, 1.165) is 12.4 Å². The van der Waals surface area contributed by atoms with Gasteiger partial charge in [0.1, 0.15) is 5.76 Å². The molecule has 3 heterocycles. The molecule has 146 valence electrons. The number of halogens is 3. The number of carbonyl (C=O) groups excluding carboxylic acids is 1. The first-order chi connectivity index (χ1) is 12.7. The third-order valence-corrected chi connectivity index (χ3v) is 4.21. The number of amides is 1. The summed E-state index contributed by atoms with van der Waals surface area (Å²) in [6.07, 6.45) is -2.38. The topological polar surface area (TPSA) is 88.5 Å². The number of aromatic nitrogens is 2. The highest BCUT2D eigenvalue weighted by molar-refractivity contribution is 5.91. The van der Waals surface area contributed by atoms with E-state index in [9.17, 15) is 18.0 Å². The van der Waals surface area contributed by atoms with Crippen LogP contribution in [-0.4, -0.2) is 53.0 Å². The zero-order valence-electron chi connectivity index (χ0n) is 14.7. The monoisotopic (exact) mass is 383 g/mol. The Morgan fingerprint density at radius 2 is 1.85 bits per heavy atom. The number of alkyl halides is 3. The summed E-state index contributed by atoms with van der Waals surface area (Å²) in [5.41, 5.74) is 4.83. The van der Waals surface area contributed by atoms with Crippen molar-refractivity contribution in [3.05, 3.63) is 41.6 Å². The highest BCUT2D eigenvalue weighted by Gasteiger charge is 2.32. The second kappa shape index (κ2) is 7.55. The summed E-state index contributed by atoms with van der Waals surface area (Å²) < 4.78 is 43.3. The normalized spacial score (nSPS) is 16.5. The third kappa shape index (κ3) is 4.57. The van der Waals surface area contributed by atoms with Gasteiger partial charge in [-0.2, -0.15) is 13.2 Å². The fourth-order valence-corrected chi connectivity index (χ4v) is 2.82. The molecule has 3 rings (SSSR count). The van der Waals surface area contributed by atoms with Crippen molar-refractivity contribution in [1.82, 2.24) is 14.9 Å². The molecular formula is C17H20F3N5O2. The molecule has 7 nitrogen and oxygen atoms in total. The number of carbonyl (C=O) groups is 1. The second-order valence-electron chi connectivity index (χ2n) is 6.50. The van der Waals surface area contributed by atoms with E-state index in [1.165, 1.54) is 0 Å². The number of furan rings is 1. The summed E-state index contributed by atoms with van der Waals surface area (Å²) in [6, 6.07) is 3.31. The molecule has 2 aromatic heterocycles. The Balaban J connectivity index is 1.58. The lowest BCUT2D eigenvalue weighted by Crippen LogP contribution is -2.49. The van der Waals surface area contributed by atoms with Crippen LogP contribution in [0.15, 0.2) is 28.9 Å². The van der Waals surface area contributed by atoms with Crippen LogP contribution in [0, 0.1) is 0 Å². The van der Waals surface area contributed by atoms with Gasteiger partial charge >= 0.3 is 6.18 Å². The van der Waals surface area contributed by atoms with Crippen molar-refractivity contribution >= 4 is 11.9 Å². The van der Waals surface area contributed by atoms with Gasteiger partial charge in [0.05, 0.1) is 5.56 Å². The van der Waals surface area contributed by atoms with Gasteiger partial charge in [-0.15, -0.1) is 0 Å². The molecular weight excluding hydrogens is 363 g/mol. The van der Waals surface area contributed by atoms with Gasteiger partial charge in [0.2, 0.25) is 5.95 Å². The Kier molecular flexibility index (Phi) is 5.36. The molecule has 2 aromatic rings. The predicted molar refractivity (Wildman–Crippen MR) is 91.2 cm³/mol. The number of piperazine rings is 1. The maximum absolute atomic E-state index is 12.6. The van der Waals surface area contributed by atoms with Gasteiger partial charge in [-0.3, -0.25) is 4.79 Å². The molecule has 10 heteroatoms. The molecule has 0 aliphatic carbocycles. The molecule has 0 saturated carbocycles. The lowest BCUT2D eigenvalue weighted by molar-refractivity contribution is -0.138. The largest absolute Gasteiger partial charge is 0.456 e. The number of nitrogens with two attached hydrogens (primary N) is 1. The molecule has 0 spiro atoms. The minimum atomic E-state index is -4.47. The first-order valence-electron chi connectivity index (χ1n) is 8.52. The van der Waals surface area contributed by atoms with Gasteiger partial charge in [0.25, 0.3) is 5.91 Å². The van der Waals surface area contributed by atoms with Gasteiger partial charge in [0, 0.05) is 51.0 Å². The molecule has 1 aliphatic heterocycles. The molecule has 1 unspecified atom stereocenters. The van der Waals surface area contributed by atoms with Crippen LogP contribution in [0.5, 0.6) is 0 Å². The second-order valence-corrected chi connectivity index (χ2v) is 6.50.